The second-order valence-corrected chi connectivity index (χ2v) is 8.04. The van der Waals surface area contributed by atoms with E-state index < -0.39 is 0 Å². The first-order valence-corrected chi connectivity index (χ1v) is 8.48. The van der Waals surface area contributed by atoms with Crippen LogP contribution in [0.1, 0.15) is 15.2 Å². The fourth-order valence-corrected chi connectivity index (χ4v) is 3.53. The van der Waals surface area contributed by atoms with E-state index >= 15 is 0 Å². The topological polar surface area (TPSA) is 29.1 Å². The summed E-state index contributed by atoms with van der Waals surface area (Å²) in [5.74, 6) is -0.0769. The van der Waals surface area contributed by atoms with Crippen molar-refractivity contribution in [2.24, 2.45) is 0 Å². The lowest BCUT2D eigenvalue weighted by molar-refractivity contribution is 0.103. The summed E-state index contributed by atoms with van der Waals surface area (Å²) < 4.78 is 3.09. The van der Waals surface area contributed by atoms with Crippen LogP contribution in [0.2, 0.25) is 0 Å². The molecule has 0 bridgehead atoms. The largest absolute Gasteiger partial charge is 0.321 e. The summed E-state index contributed by atoms with van der Waals surface area (Å²) in [7, 11) is 0. The van der Waals surface area contributed by atoms with E-state index in [9.17, 15) is 4.79 Å². The minimum atomic E-state index is -0.0769. The second-order valence-electron chi connectivity index (χ2n) is 3.65. The van der Waals surface area contributed by atoms with Gasteiger partial charge < -0.3 is 5.32 Å². The molecule has 0 fully saturated rings. The van der Waals surface area contributed by atoms with Crippen molar-refractivity contribution >= 4 is 77.4 Å². The Morgan fingerprint density at radius 1 is 1.33 bits per heavy atom. The summed E-state index contributed by atoms with van der Waals surface area (Å²) in [4.78, 5) is 12.7. The Balaban J connectivity index is 2.18. The lowest BCUT2D eigenvalue weighted by Crippen LogP contribution is -2.10. The number of aryl methyl sites for hydroxylation is 1. The molecule has 2 aromatic rings. The van der Waals surface area contributed by atoms with E-state index in [0.717, 1.165) is 23.1 Å². The molecule has 1 heterocycles. The maximum Gasteiger partial charge on any atom is 0.265 e. The Hall–Kier alpha value is 0.0800. The minimum Gasteiger partial charge on any atom is -0.321 e. The first-order chi connectivity index (χ1) is 8.47. The van der Waals surface area contributed by atoms with Crippen molar-refractivity contribution in [3.8, 4) is 0 Å². The van der Waals surface area contributed by atoms with Gasteiger partial charge in [0.15, 0.2) is 0 Å². The molecule has 2 nitrogen and oxygen atoms in total. The fraction of sp³-hybridized carbons (Fsp3) is 0.0833. The van der Waals surface area contributed by atoms with Crippen molar-refractivity contribution in [1.82, 2.24) is 0 Å². The highest BCUT2D eigenvalue weighted by atomic mass is 127. The van der Waals surface area contributed by atoms with Crippen molar-refractivity contribution in [3.05, 3.63) is 46.5 Å². The molecule has 0 aliphatic carbocycles. The van der Waals surface area contributed by atoms with Crippen molar-refractivity contribution in [3.63, 3.8) is 0 Å². The van der Waals surface area contributed by atoms with Gasteiger partial charge in [-0.1, -0.05) is 0 Å². The van der Waals surface area contributed by atoms with E-state index in [2.05, 4.69) is 59.8 Å². The number of thiophene rings is 1. The van der Waals surface area contributed by atoms with Crippen LogP contribution < -0.4 is 5.32 Å². The first kappa shape index (κ1) is 14.5. The monoisotopic (exact) mass is 499 g/mol. The van der Waals surface area contributed by atoms with Crippen LogP contribution in [0, 0.1) is 10.5 Å². The van der Waals surface area contributed by atoms with Crippen LogP contribution in [0.15, 0.2) is 32.5 Å². The lowest BCUT2D eigenvalue weighted by atomic mass is 10.3. The van der Waals surface area contributed by atoms with Gasteiger partial charge in [0.2, 0.25) is 0 Å². The Morgan fingerprint density at radius 3 is 2.61 bits per heavy atom. The molecule has 0 spiro atoms. The molecule has 2 rings (SSSR count). The summed E-state index contributed by atoms with van der Waals surface area (Å²) in [5, 5.41) is 2.89. The Kier molecular flexibility index (Phi) is 4.85. The average Bonchev–Trinajstić information content (AvgIpc) is 2.65. The normalized spacial score (nSPS) is 10.4. The number of carbonyl (C=O) groups excluding carboxylic acids is 1. The van der Waals surface area contributed by atoms with Gasteiger partial charge in [-0.15, -0.1) is 11.3 Å². The minimum absolute atomic E-state index is 0.0769. The SMILES string of the molecule is Cc1cc(C(=O)Nc2ccc(Br)c(I)c2)sc1Br. The van der Waals surface area contributed by atoms with Crippen LogP contribution in [0.3, 0.4) is 0 Å². The highest BCUT2D eigenvalue weighted by Gasteiger charge is 2.11. The van der Waals surface area contributed by atoms with Gasteiger partial charge in [-0.05, 0) is 91.2 Å². The number of hydrogen-bond donors (Lipinski definition) is 1. The van der Waals surface area contributed by atoms with Crippen LogP contribution >= 0.6 is 65.8 Å². The van der Waals surface area contributed by atoms with Gasteiger partial charge >= 0.3 is 0 Å². The molecule has 0 atom stereocenters. The predicted molar refractivity (Wildman–Crippen MR) is 91.6 cm³/mol. The number of benzene rings is 1. The number of halogens is 3. The van der Waals surface area contributed by atoms with E-state index in [4.69, 9.17) is 0 Å². The quantitative estimate of drug-likeness (QED) is 0.547. The molecule has 0 aliphatic heterocycles. The zero-order chi connectivity index (χ0) is 13.3. The van der Waals surface area contributed by atoms with E-state index in [1.807, 2.05) is 31.2 Å². The molecule has 1 N–H and O–H groups in total. The van der Waals surface area contributed by atoms with E-state index in [1.165, 1.54) is 11.3 Å². The average molecular weight is 501 g/mol. The van der Waals surface area contributed by atoms with Crippen molar-refractivity contribution < 1.29 is 4.79 Å². The van der Waals surface area contributed by atoms with Gasteiger partial charge in [-0.25, -0.2) is 0 Å². The highest BCUT2D eigenvalue weighted by Crippen LogP contribution is 2.28. The van der Waals surface area contributed by atoms with Gasteiger partial charge in [0.1, 0.15) is 0 Å². The fourth-order valence-electron chi connectivity index (χ4n) is 1.34. The van der Waals surface area contributed by atoms with E-state index in [0.29, 0.717) is 4.88 Å². The van der Waals surface area contributed by atoms with Gasteiger partial charge in [-0.2, -0.15) is 0 Å². The summed E-state index contributed by atoms with van der Waals surface area (Å²) >= 11 is 10.5. The molecule has 0 radical (unpaired) electrons. The molecule has 0 saturated heterocycles. The van der Waals surface area contributed by atoms with Gasteiger partial charge in [0.25, 0.3) is 5.91 Å². The van der Waals surface area contributed by atoms with Crippen LogP contribution in [0.25, 0.3) is 0 Å². The van der Waals surface area contributed by atoms with Crippen LogP contribution in [-0.4, -0.2) is 5.91 Å². The molecule has 6 heteroatoms. The lowest BCUT2D eigenvalue weighted by Gasteiger charge is -2.05. The van der Waals surface area contributed by atoms with Gasteiger partial charge in [-0.3, -0.25) is 4.79 Å². The Bertz CT molecular complexity index is 593. The number of anilines is 1. The molecular weight excluding hydrogens is 493 g/mol. The van der Waals surface area contributed by atoms with Gasteiger partial charge in [0, 0.05) is 13.7 Å². The molecule has 0 saturated carbocycles. The van der Waals surface area contributed by atoms with Crippen molar-refractivity contribution in [2.75, 3.05) is 5.32 Å². The molecule has 0 unspecified atom stereocenters. The molecular formula is C12H8Br2INOS. The summed E-state index contributed by atoms with van der Waals surface area (Å²) in [6.07, 6.45) is 0. The third-order valence-corrected chi connectivity index (χ3v) is 6.72. The molecule has 1 aromatic carbocycles. The Morgan fingerprint density at radius 2 is 2.06 bits per heavy atom. The third kappa shape index (κ3) is 3.34. The molecule has 1 amide bonds. The number of carbonyl (C=O) groups is 1. The van der Waals surface area contributed by atoms with Crippen LogP contribution in [-0.2, 0) is 0 Å². The third-order valence-electron chi connectivity index (χ3n) is 2.26. The molecule has 0 aliphatic rings. The summed E-state index contributed by atoms with van der Waals surface area (Å²) in [5.41, 5.74) is 1.88. The first-order valence-electron chi connectivity index (χ1n) is 4.99. The maximum atomic E-state index is 12.0. The molecule has 1 aromatic heterocycles. The zero-order valence-electron chi connectivity index (χ0n) is 9.26. The smallest absolute Gasteiger partial charge is 0.265 e. The molecule has 18 heavy (non-hydrogen) atoms. The summed E-state index contributed by atoms with van der Waals surface area (Å²) in [6, 6.07) is 7.61. The molecule has 94 valence electrons. The summed E-state index contributed by atoms with van der Waals surface area (Å²) in [6.45, 7) is 1.97. The van der Waals surface area contributed by atoms with Crippen LogP contribution in [0.4, 0.5) is 5.69 Å². The standard InChI is InChI=1S/C12H8Br2INOS/c1-6-4-10(18-11(6)14)12(17)16-7-2-3-8(13)9(15)5-7/h2-5H,1H3,(H,16,17). The second kappa shape index (κ2) is 6.02. The van der Waals surface area contributed by atoms with E-state index in [1.54, 1.807) is 0 Å². The Labute approximate surface area is 140 Å². The highest BCUT2D eigenvalue weighted by molar-refractivity contribution is 14.1. The zero-order valence-corrected chi connectivity index (χ0v) is 15.4. The van der Waals surface area contributed by atoms with Crippen molar-refractivity contribution in [1.29, 1.82) is 0 Å². The van der Waals surface area contributed by atoms with Gasteiger partial charge in [0.05, 0.1) is 8.66 Å². The van der Waals surface area contributed by atoms with Crippen molar-refractivity contribution in [2.45, 2.75) is 6.92 Å². The van der Waals surface area contributed by atoms with E-state index in [-0.39, 0.29) is 5.91 Å². The number of rotatable bonds is 2. The number of hydrogen-bond acceptors (Lipinski definition) is 2. The number of nitrogens with one attached hydrogen (secondary N) is 1. The maximum absolute atomic E-state index is 12.0. The van der Waals surface area contributed by atoms with Crippen LogP contribution in [0.5, 0.6) is 0 Å². The predicted octanol–water partition coefficient (Wildman–Crippen LogP) is 5.44. The number of amides is 1.